The summed E-state index contributed by atoms with van der Waals surface area (Å²) in [5.74, 6) is 1.15. The second kappa shape index (κ2) is 7.33. The molecule has 0 amide bonds. The van der Waals surface area contributed by atoms with Gasteiger partial charge in [-0.2, -0.15) is 0 Å². The van der Waals surface area contributed by atoms with Crippen molar-refractivity contribution in [1.29, 1.82) is 0 Å². The second-order valence-corrected chi connectivity index (χ2v) is 7.74. The van der Waals surface area contributed by atoms with Gasteiger partial charge in [0.15, 0.2) is 5.03 Å². The van der Waals surface area contributed by atoms with Gasteiger partial charge in [0.05, 0.1) is 0 Å². The minimum absolute atomic E-state index is 0.103. The molecule has 5 nitrogen and oxygen atoms in total. The maximum absolute atomic E-state index is 12.2. The minimum atomic E-state index is -3.49. The molecule has 21 heavy (non-hydrogen) atoms. The third-order valence-corrected chi connectivity index (χ3v) is 5.40. The van der Waals surface area contributed by atoms with E-state index >= 15 is 0 Å². The summed E-state index contributed by atoms with van der Waals surface area (Å²) in [6, 6.07) is 3.36. The van der Waals surface area contributed by atoms with Gasteiger partial charge in [-0.15, -0.1) is 0 Å². The van der Waals surface area contributed by atoms with E-state index in [4.69, 9.17) is 0 Å². The molecular weight excluding hydrogens is 286 g/mol. The highest BCUT2D eigenvalue weighted by molar-refractivity contribution is 7.89. The van der Waals surface area contributed by atoms with E-state index in [1.165, 1.54) is 12.8 Å². The Hall–Kier alpha value is -0.980. The van der Waals surface area contributed by atoms with Gasteiger partial charge >= 0.3 is 0 Å². The predicted octanol–water partition coefficient (Wildman–Crippen LogP) is 1.91. The molecule has 0 aliphatic heterocycles. The first kappa shape index (κ1) is 16.4. The van der Waals surface area contributed by atoms with Crippen molar-refractivity contribution in [1.82, 2.24) is 15.0 Å². The SMILES string of the molecule is CNCc1ccc(S(=O)(=O)NCC2CCCC(C)C2)nc1. The molecule has 1 fully saturated rings. The summed E-state index contributed by atoms with van der Waals surface area (Å²) in [5, 5.41) is 3.11. The molecular formula is C15H25N3O2S. The van der Waals surface area contributed by atoms with E-state index in [-0.39, 0.29) is 5.03 Å². The number of hydrogen-bond donors (Lipinski definition) is 2. The van der Waals surface area contributed by atoms with Crippen LogP contribution in [-0.2, 0) is 16.6 Å². The Morgan fingerprint density at radius 1 is 1.33 bits per heavy atom. The molecule has 0 saturated heterocycles. The Bertz CT molecular complexity index is 543. The number of sulfonamides is 1. The van der Waals surface area contributed by atoms with Gasteiger partial charge in [-0.1, -0.05) is 25.8 Å². The molecule has 0 bridgehead atoms. The van der Waals surface area contributed by atoms with E-state index in [2.05, 4.69) is 21.9 Å². The first-order valence-corrected chi connectivity index (χ1v) is 9.09. The summed E-state index contributed by atoms with van der Waals surface area (Å²) >= 11 is 0. The number of aromatic nitrogens is 1. The zero-order valence-corrected chi connectivity index (χ0v) is 13.6. The second-order valence-electron chi connectivity index (χ2n) is 6.02. The molecule has 1 aromatic heterocycles. The normalized spacial score (nSPS) is 23.1. The van der Waals surface area contributed by atoms with Crippen molar-refractivity contribution in [3.8, 4) is 0 Å². The Kier molecular flexibility index (Phi) is 5.72. The van der Waals surface area contributed by atoms with Crippen LogP contribution in [0.15, 0.2) is 23.4 Å². The molecule has 118 valence electrons. The van der Waals surface area contributed by atoms with Crippen molar-refractivity contribution in [3.63, 3.8) is 0 Å². The lowest BCUT2D eigenvalue weighted by atomic mass is 9.83. The number of hydrogen-bond acceptors (Lipinski definition) is 4. The van der Waals surface area contributed by atoms with Crippen LogP contribution in [0.3, 0.4) is 0 Å². The lowest BCUT2D eigenvalue weighted by Crippen LogP contribution is -2.32. The van der Waals surface area contributed by atoms with E-state index in [0.717, 1.165) is 18.4 Å². The lowest BCUT2D eigenvalue weighted by molar-refractivity contribution is 0.283. The van der Waals surface area contributed by atoms with Crippen LogP contribution in [0.1, 0.15) is 38.2 Å². The molecule has 0 aromatic carbocycles. The first-order chi connectivity index (χ1) is 10.0. The highest BCUT2D eigenvalue weighted by Crippen LogP contribution is 2.28. The van der Waals surface area contributed by atoms with Gasteiger partial charge in [-0.05, 0) is 43.4 Å². The van der Waals surface area contributed by atoms with Crippen molar-refractivity contribution in [2.24, 2.45) is 11.8 Å². The summed E-state index contributed by atoms with van der Waals surface area (Å²) in [5.41, 5.74) is 0.970. The van der Waals surface area contributed by atoms with Crippen LogP contribution in [0.25, 0.3) is 0 Å². The first-order valence-electron chi connectivity index (χ1n) is 7.60. The van der Waals surface area contributed by atoms with E-state index in [1.807, 2.05) is 7.05 Å². The van der Waals surface area contributed by atoms with Crippen LogP contribution >= 0.6 is 0 Å². The number of nitrogens with one attached hydrogen (secondary N) is 2. The zero-order chi connectivity index (χ0) is 15.3. The maximum Gasteiger partial charge on any atom is 0.258 e. The Labute approximate surface area is 127 Å². The summed E-state index contributed by atoms with van der Waals surface area (Å²) in [7, 11) is -1.65. The molecule has 2 rings (SSSR count). The molecule has 1 saturated carbocycles. The van der Waals surface area contributed by atoms with Crippen LogP contribution in [0.4, 0.5) is 0 Å². The fourth-order valence-corrected chi connectivity index (χ4v) is 3.97. The third kappa shape index (κ3) is 4.76. The van der Waals surface area contributed by atoms with Gasteiger partial charge in [0.1, 0.15) is 0 Å². The Morgan fingerprint density at radius 2 is 2.14 bits per heavy atom. The van der Waals surface area contributed by atoms with Gasteiger partial charge in [0, 0.05) is 19.3 Å². The standard InChI is InChI=1S/C15H25N3O2S/c1-12-4-3-5-13(8-12)11-18-21(19,20)15-7-6-14(9-16-2)10-17-15/h6-7,10,12-13,16,18H,3-5,8-9,11H2,1-2H3. The quantitative estimate of drug-likeness (QED) is 0.842. The van der Waals surface area contributed by atoms with Gasteiger partial charge in [0.25, 0.3) is 10.0 Å². The van der Waals surface area contributed by atoms with Crippen molar-refractivity contribution in [2.45, 2.75) is 44.2 Å². The van der Waals surface area contributed by atoms with E-state index in [9.17, 15) is 8.42 Å². The number of pyridine rings is 1. The van der Waals surface area contributed by atoms with E-state index < -0.39 is 10.0 Å². The topological polar surface area (TPSA) is 71.1 Å². The summed E-state index contributed by atoms with van der Waals surface area (Å²) in [6.45, 7) is 3.44. The number of nitrogens with zero attached hydrogens (tertiary/aromatic N) is 1. The van der Waals surface area contributed by atoms with E-state index in [0.29, 0.717) is 24.9 Å². The molecule has 2 N–H and O–H groups in total. The predicted molar refractivity (Wildman–Crippen MR) is 83.3 cm³/mol. The van der Waals surface area contributed by atoms with Crippen LogP contribution in [0, 0.1) is 11.8 Å². The Balaban J connectivity index is 1.94. The average Bonchev–Trinajstić information content (AvgIpc) is 2.46. The van der Waals surface area contributed by atoms with E-state index in [1.54, 1.807) is 18.3 Å². The molecule has 0 radical (unpaired) electrons. The van der Waals surface area contributed by atoms with Crippen molar-refractivity contribution < 1.29 is 8.42 Å². The molecule has 2 unspecified atom stereocenters. The molecule has 1 aliphatic rings. The summed E-state index contributed by atoms with van der Waals surface area (Å²) in [4.78, 5) is 4.06. The van der Waals surface area contributed by atoms with Crippen molar-refractivity contribution >= 4 is 10.0 Å². The molecule has 1 aromatic rings. The third-order valence-electron chi connectivity index (χ3n) is 4.06. The summed E-state index contributed by atoms with van der Waals surface area (Å²) in [6.07, 6.45) is 6.29. The van der Waals surface area contributed by atoms with Gasteiger partial charge in [-0.3, -0.25) is 0 Å². The molecule has 1 aliphatic carbocycles. The lowest BCUT2D eigenvalue weighted by Gasteiger charge is -2.26. The van der Waals surface area contributed by atoms with Crippen LogP contribution in [-0.4, -0.2) is 27.0 Å². The molecule has 1 heterocycles. The fraction of sp³-hybridized carbons (Fsp3) is 0.667. The van der Waals surface area contributed by atoms with Crippen LogP contribution in [0.5, 0.6) is 0 Å². The van der Waals surface area contributed by atoms with Gasteiger partial charge in [-0.25, -0.2) is 18.1 Å². The van der Waals surface area contributed by atoms with Crippen molar-refractivity contribution in [2.75, 3.05) is 13.6 Å². The Morgan fingerprint density at radius 3 is 2.76 bits per heavy atom. The minimum Gasteiger partial charge on any atom is -0.316 e. The molecule has 0 spiro atoms. The van der Waals surface area contributed by atoms with Crippen LogP contribution < -0.4 is 10.0 Å². The monoisotopic (exact) mass is 311 g/mol. The highest BCUT2D eigenvalue weighted by atomic mass is 32.2. The van der Waals surface area contributed by atoms with Crippen molar-refractivity contribution in [3.05, 3.63) is 23.9 Å². The molecule has 6 heteroatoms. The average molecular weight is 311 g/mol. The smallest absolute Gasteiger partial charge is 0.258 e. The highest BCUT2D eigenvalue weighted by Gasteiger charge is 2.22. The van der Waals surface area contributed by atoms with Gasteiger partial charge in [0.2, 0.25) is 0 Å². The molecule has 2 atom stereocenters. The zero-order valence-electron chi connectivity index (χ0n) is 12.8. The summed E-state index contributed by atoms with van der Waals surface area (Å²) < 4.78 is 27.2. The number of rotatable bonds is 6. The van der Waals surface area contributed by atoms with Crippen LogP contribution in [0.2, 0.25) is 0 Å². The maximum atomic E-state index is 12.2. The largest absolute Gasteiger partial charge is 0.316 e. The fourth-order valence-electron chi connectivity index (χ4n) is 2.93. The van der Waals surface area contributed by atoms with Gasteiger partial charge < -0.3 is 5.32 Å².